The Kier molecular flexibility index (Phi) is 5.96. The first-order chi connectivity index (χ1) is 9.77. The molecule has 0 unspecified atom stereocenters. The number of aryl methyl sites for hydroxylation is 1. The van der Waals surface area contributed by atoms with Crippen LogP contribution in [-0.4, -0.2) is 34.6 Å². The topological polar surface area (TPSA) is 91.4 Å². The Balaban J connectivity index is 2.69. The van der Waals surface area contributed by atoms with Crippen LogP contribution < -0.4 is 5.32 Å². The maximum Gasteiger partial charge on any atom is 0.355 e. The minimum Gasteiger partial charge on any atom is -0.451 e. The Hall–Kier alpha value is -1.82. The van der Waals surface area contributed by atoms with Gasteiger partial charge in [0.15, 0.2) is 6.61 Å². The smallest absolute Gasteiger partial charge is 0.355 e. The molecular weight excluding hydrogens is 272 g/mol. The number of hydrogen-bond acceptors (Lipinski definition) is 4. The molecule has 0 radical (unpaired) electrons. The van der Waals surface area contributed by atoms with Gasteiger partial charge in [-0.2, -0.15) is 0 Å². The zero-order chi connectivity index (χ0) is 16.2. The number of nitrogens with one attached hydrogen (secondary N) is 2. The van der Waals surface area contributed by atoms with Gasteiger partial charge < -0.3 is 20.1 Å². The van der Waals surface area contributed by atoms with Gasteiger partial charge in [0.05, 0.1) is 6.10 Å². The van der Waals surface area contributed by atoms with E-state index in [0.29, 0.717) is 11.1 Å². The van der Waals surface area contributed by atoms with Crippen LogP contribution in [0.1, 0.15) is 60.6 Å². The number of amides is 1. The van der Waals surface area contributed by atoms with E-state index in [1.807, 2.05) is 13.8 Å². The quantitative estimate of drug-likeness (QED) is 0.697. The summed E-state index contributed by atoms with van der Waals surface area (Å²) in [6.45, 7) is 8.68. The van der Waals surface area contributed by atoms with E-state index >= 15 is 0 Å². The van der Waals surface area contributed by atoms with E-state index in [9.17, 15) is 14.7 Å². The lowest BCUT2D eigenvalue weighted by atomic mass is 10.1. The highest BCUT2D eigenvalue weighted by Gasteiger charge is 2.21. The lowest BCUT2D eigenvalue weighted by Crippen LogP contribution is -2.35. The van der Waals surface area contributed by atoms with Crippen molar-refractivity contribution < 1.29 is 19.4 Å². The molecule has 3 N–H and O–H groups in total. The first-order valence-corrected chi connectivity index (χ1v) is 7.11. The lowest BCUT2D eigenvalue weighted by Gasteiger charge is -2.11. The number of aromatic nitrogens is 1. The molecule has 0 bridgehead atoms. The molecule has 1 aromatic heterocycles. The molecule has 6 heteroatoms. The van der Waals surface area contributed by atoms with E-state index < -0.39 is 12.1 Å². The zero-order valence-corrected chi connectivity index (χ0v) is 13.2. The number of aliphatic hydroxyl groups is 1. The third kappa shape index (κ3) is 4.32. The van der Waals surface area contributed by atoms with E-state index in [0.717, 1.165) is 12.1 Å². The molecule has 0 aliphatic rings. The number of hydrogen-bond donors (Lipinski definition) is 3. The first kappa shape index (κ1) is 17.2. The van der Waals surface area contributed by atoms with Crippen molar-refractivity contribution in [2.75, 3.05) is 6.61 Å². The Morgan fingerprint density at radius 3 is 2.43 bits per heavy atom. The van der Waals surface area contributed by atoms with Crippen LogP contribution in [0.15, 0.2) is 0 Å². The summed E-state index contributed by atoms with van der Waals surface area (Å²) in [6.07, 6.45) is 0.142. The third-order valence-corrected chi connectivity index (χ3v) is 3.47. The molecule has 6 nitrogen and oxygen atoms in total. The summed E-state index contributed by atoms with van der Waals surface area (Å²) in [5.74, 6) is -0.920. The van der Waals surface area contributed by atoms with Gasteiger partial charge >= 0.3 is 5.97 Å². The zero-order valence-electron chi connectivity index (χ0n) is 13.2. The van der Waals surface area contributed by atoms with Gasteiger partial charge in [-0.05, 0) is 39.7 Å². The van der Waals surface area contributed by atoms with Crippen molar-refractivity contribution in [2.45, 2.75) is 53.2 Å². The lowest BCUT2D eigenvalue weighted by molar-refractivity contribution is -0.124. The van der Waals surface area contributed by atoms with Crippen molar-refractivity contribution in [3.63, 3.8) is 0 Å². The Labute approximate surface area is 124 Å². The summed E-state index contributed by atoms with van der Waals surface area (Å²) < 4.78 is 5.00. The van der Waals surface area contributed by atoms with Gasteiger partial charge in [0.1, 0.15) is 5.69 Å². The fraction of sp³-hybridized carbons (Fsp3) is 0.600. The van der Waals surface area contributed by atoms with Crippen LogP contribution in [0.3, 0.4) is 0 Å². The van der Waals surface area contributed by atoms with Gasteiger partial charge in [-0.1, -0.05) is 6.92 Å². The number of rotatable bonds is 6. The summed E-state index contributed by atoms with van der Waals surface area (Å²) >= 11 is 0. The van der Waals surface area contributed by atoms with E-state index in [4.69, 9.17) is 4.74 Å². The number of aliphatic hydroxyl groups excluding tert-OH is 1. The maximum absolute atomic E-state index is 12.0. The molecule has 1 amide bonds. The summed E-state index contributed by atoms with van der Waals surface area (Å²) in [6, 6.07) is 0.0486. The van der Waals surface area contributed by atoms with Gasteiger partial charge in [-0.3, -0.25) is 4.79 Å². The maximum atomic E-state index is 12.0. The highest BCUT2D eigenvalue weighted by molar-refractivity contribution is 5.91. The second kappa shape index (κ2) is 7.26. The van der Waals surface area contributed by atoms with E-state index in [1.54, 1.807) is 20.8 Å². The highest BCUT2D eigenvalue weighted by atomic mass is 16.5. The van der Waals surface area contributed by atoms with Crippen LogP contribution in [0.5, 0.6) is 0 Å². The van der Waals surface area contributed by atoms with E-state index in [1.165, 1.54) is 0 Å². The predicted octanol–water partition coefficient (Wildman–Crippen LogP) is 1.76. The number of ether oxygens (including phenoxy) is 1. The molecule has 0 saturated heterocycles. The SMILES string of the molecule is CC[C@@H](C)NC(=O)COC(=O)c1[nH]c(C)c([C@H](C)O)c1C. The summed E-state index contributed by atoms with van der Waals surface area (Å²) in [4.78, 5) is 26.5. The third-order valence-electron chi connectivity index (χ3n) is 3.47. The van der Waals surface area contributed by atoms with Gasteiger partial charge in [0.25, 0.3) is 5.91 Å². The van der Waals surface area contributed by atoms with Crippen molar-refractivity contribution in [1.29, 1.82) is 0 Å². The van der Waals surface area contributed by atoms with Crippen LogP contribution in [0.2, 0.25) is 0 Å². The molecular formula is C15H24N2O4. The van der Waals surface area contributed by atoms with Crippen molar-refractivity contribution >= 4 is 11.9 Å². The second-order valence-electron chi connectivity index (χ2n) is 5.29. The van der Waals surface area contributed by atoms with Crippen LogP contribution in [0, 0.1) is 13.8 Å². The van der Waals surface area contributed by atoms with Crippen molar-refractivity contribution in [1.82, 2.24) is 10.3 Å². The first-order valence-electron chi connectivity index (χ1n) is 7.11. The van der Waals surface area contributed by atoms with Crippen LogP contribution in [-0.2, 0) is 9.53 Å². The summed E-state index contributed by atoms with van der Waals surface area (Å²) in [5, 5.41) is 12.4. The number of aromatic amines is 1. The highest BCUT2D eigenvalue weighted by Crippen LogP contribution is 2.24. The van der Waals surface area contributed by atoms with E-state index in [2.05, 4.69) is 10.3 Å². The molecule has 2 atom stereocenters. The van der Waals surface area contributed by atoms with Crippen molar-refractivity contribution in [2.24, 2.45) is 0 Å². The van der Waals surface area contributed by atoms with E-state index in [-0.39, 0.29) is 24.2 Å². The summed E-state index contributed by atoms with van der Waals surface area (Å²) in [7, 11) is 0. The molecule has 1 heterocycles. The van der Waals surface area contributed by atoms with Gasteiger partial charge in [0.2, 0.25) is 0 Å². The fourth-order valence-electron chi connectivity index (χ4n) is 2.22. The molecule has 21 heavy (non-hydrogen) atoms. The molecule has 1 rings (SSSR count). The number of carbonyl (C=O) groups is 2. The number of esters is 1. The number of carbonyl (C=O) groups excluding carboxylic acids is 2. The Morgan fingerprint density at radius 2 is 1.95 bits per heavy atom. The molecule has 0 saturated carbocycles. The molecule has 1 aromatic rings. The molecule has 118 valence electrons. The van der Waals surface area contributed by atoms with Crippen LogP contribution >= 0.6 is 0 Å². The molecule has 0 aliphatic carbocycles. The Bertz CT molecular complexity index is 520. The molecule has 0 fully saturated rings. The number of H-pyrrole nitrogens is 1. The molecule has 0 aliphatic heterocycles. The van der Waals surface area contributed by atoms with Gasteiger partial charge in [-0.15, -0.1) is 0 Å². The van der Waals surface area contributed by atoms with Crippen molar-refractivity contribution in [3.05, 3.63) is 22.5 Å². The largest absolute Gasteiger partial charge is 0.451 e. The van der Waals surface area contributed by atoms with Crippen LogP contribution in [0.25, 0.3) is 0 Å². The molecule has 0 aromatic carbocycles. The Morgan fingerprint density at radius 1 is 1.33 bits per heavy atom. The minimum atomic E-state index is -0.670. The average molecular weight is 296 g/mol. The van der Waals surface area contributed by atoms with Gasteiger partial charge in [-0.25, -0.2) is 4.79 Å². The van der Waals surface area contributed by atoms with Crippen LogP contribution in [0.4, 0.5) is 0 Å². The molecule has 0 spiro atoms. The monoisotopic (exact) mass is 296 g/mol. The average Bonchev–Trinajstić information content (AvgIpc) is 2.71. The predicted molar refractivity (Wildman–Crippen MR) is 79.1 cm³/mol. The van der Waals surface area contributed by atoms with Crippen molar-refractivity contribution in [3.8, 4) is 0 Å². The minimum absolute atomic E-state index is 0.0486. The normalized spacial score (nSPS) is 13.6. The second-order valence-corrected chi connectivity index (χ2v) is 5.29. The fourth-order valence-corrected chi connectivity index (χ4v) is 2.22. The standard InChI is InChI=1S/C15H24N2O4/c1-6-8(2)16-12(19)7-21-15(20)14-9(3)13(11(5)18)10(4)17-14/h8,11,17-18H,6-7H2,1-5H3,(H,16,19)/t8-,11+/m1/s1. The van der Waals surface area contributed by atoms with Gasteiger partial charge in [0, 0.05) is 17.3 Å². The summed E-state index contributed by atoms with van der Waals surface area (Å²) in [5.41, 5.74) is 2.33.